The summed E-state index contributed by atoms with van der Waals surface area (Å²) in [5, 5.41) is 3.57. The van der Waals surface area contributed by atoms with Crippen molar-refractivity contribution in [2.24, 2.45) is 0 Å². The van der Waals surface area contributed by atoms with Crippen molar-refractivity contribution in [2.45, 2.75) is 38.3 Å². The fourth-order valence-corrected chi connectivity index (χ4v) is 5.06. The van der Waals surface area contributed by atoms with Gasteiger partial charge in [-0.05, 0) is 37.1 Å². The molecule has 2 aliphatic rings. The Bertz CT molecular complexity index is 1230. The van der Waals surface area contributed by atoms with Gasteiger partial charge in [0.1, 0.15) is 0 Å². The first-order chi connectivity index (χ1) is 16.7. The Morgan fingerprint density at radius 1 is 0.971 bits per heavy atom. The van der Waals surface area contributed by atoms with Crippen molar-refractivity contribution in [3.8, 4) is 11.1 Å². The maximum atomic E-state index is 5.21. The smallest absolute Gasteiger partial charge is 0.229 e. The number of anilines is 2. The van der Waals surface area contributed by atoms with Crippen molar-refractivity contribution in [3.05, 3.63) is 54.7 Å². The van der Waals surface area contributed by atoms with Gasteiger partial charge in [-0.2, -0.15) is 9.97 Å². The number of nitrogens with one attached hydrogen (secondary N) is 1. The number of piperazine rings is 1. The van der Waals surface area contributed by atoms with Gasteiger partial charge in [0.15, 0.2) is 17.0 Å². The fourth-order valence-electron chi connectivity index (χ4n) is 5.06. The van der Waals surface area contributed by atoms with Crippen LogP contribution in [-0.2, 0) is 6.54 Å². The standard InChI is InChI=1S/C26H31N7O/c1-31-11-13-32(14-12-31)26-29-24(23-25(30-26)33(18-28-23)22-4-2-3-5-22)27-16-19-6-8-20(9-7-19)21-10-15-34-17-21/h6-10,15,17-18,22H,2-5,11-14,16H2,1H3,(H,27,29,30). The van der Waals surface area contributed by atoms with Crippen molar-refractivity contribution >= 4 is 22.9 Å². The molecule has 176 valence electrons. The number of hydrogen-bond acceptors (Lipinski definition) is 7. The van der Waals surface area contributed by atoms with Gasteiger partial charge in [0.25, 0.3) is 0 Å². The van der Waals surface area contributed by atoms with E-state index in [-0.39, 0.29) is 0 Å². The molecule has 4 aromatic rings. The maximum Gasteiger partial charge on any atom is 0.229 e. The summed E-state index contributed by atoms with van der Waals surface area (Å²) < 4.78 is 7.50. The first kappa shape index (κ1) is 21.2. The van der Waals surface area contributed by atoms with Crippen LogP contribution in [0.15, 0.2) is 53.6 Å². The third-order valence-corrected chi connectivity index (χ3v) is 7.18. The molecule has 0 bridgehead atoms. The number of likely N-dealkylation sites (N-methyl/N-ethyl adjacent to an activating group) is 1. The Labute approximate surface area is 199 Å². The van der Waals surface area contributed by atoms with Gasteiger partial charge in [-0.25, -0.2) is 4.98 Å². The molecule has 1 saturated carbocycles. The lowest BCUT2D eigenvalue weighted by Gasteiger charge is -2.32. The number of benzene rings is 1. The van der Waals surface area contributed by atoms with Crippen LogP contribution in [0.5, 0.6) is 0 Å². The van der Waals surface area contributed by atoms with Crippen LogP contribution >= 0.6 is 0 Å². The predicted octanol–water partition coefficient (Wildman–Crippen LogP) is 4.57. The van der Waals surface area contributed by atoms with Gasteiger partial charge in [0.05, 0.1) is 18.9 Å². The second kappa shape index (κ2) is 9.10. The summed E-state index contributed by atoms with van der Waals surface area (Å²) in [7, 11) is 2.17. The van der Waals surface area contributed by atoms with E-state index in [1.807, 2.05) is 12.4 Å². The number of furan rings is 1. The third-order valence-electron chi connectivity index (χ3n) is 7.18. The number of rotatable bonds is 6. The van der Waals surface area contributed by atoms with E-state index in [0.29, 0.717) is 12.6 Å². The molecule has 6 rings (SSSR count). The molecule has 2 fully saturated rings. The minimum absolute atomic E-state index is 0.489. The normalized spacial score (nSPS) is 17.6. The van der Waals surface area contributed by atoms with Crippen LogP contribution in [0.4, 0.5) is 11.8 Å². The van der Waals surface area contributed by atoms with Gasteiger partial charge in [0.2, 0.25) is 5.95 Å². The molecule has 8 nitrogen and oxygen atoms in total. The first-order valence-electron chi connectivity index (χ1n) is 12.3. The van der Waals surface area contributed by atoms with Crippen LogP contribution in [0.2, 0.25) is 0 Å². The highest BCUT2D eigenvalue weighted by Gasteiger charge is 2.24. The molecule has 8 heteroatoms. The average molecular weight is 458 g/mol. The summed E-state index contributed by atoms with van der Waals surface area (Å²) >= 11 is 0. The van der Waals surface area contributed by atoms with Crippen LogP contribution in [0.1, 0.15) is 37.3 Å². The van der Waals surface area contributed by atoms with E-state index in [0.717, 1.165) is 60.2 Å². The van der Waals surface area contributed by atoms with E-state index >= 15 is 0 Å². The maximum absolute atomic E-state index is 5.21. The quantitative estimate of drug-likeness (QED) is 0.455. The van der Waals surface area contributed by atoms with Crippen molar-refractivity contribution in [1.29, 1.82) is 0 Å². The monoisotopic (exact) mass is 457 g/mol. The number of aromatic nitrogens is 4. The second-order valence-corrected chi connectivity index (χ2v) is 9.49. The molecular weight excluding hydrogens is 426 g/mol. The zero-order valence-corrected chi connectivity index (χ0v) is 19.7. The number of fused-ring (bicyclic) bond motifs is 1. The zero-order valence-electron chi connectivity index (χ0n) is 19.7. The Balaban J connectivity index is 1.29. The van der Waals surface area contributed by atoms with Crippen molar-refractivity contribution in [2.75, 3.05) is 43.4 Å². The number of hydrogen-bond donors (Lipinski definition) is 1. The molecule has 1 saturated heterocycles. The van der Waals surface area contributed by atoms with Gasteiger partial charge >= 0.3 is 0 Å². The zero-order chi connectivity index (χ0) is 22.9. The molecular formula is C26H31N7O. The van der Waals surface area contributed by atoms with E-state index in [1.165, 1.54) is 31.2 Å². The number of nitrogens with zero attached hydrogens (tertiary/aromatic N) is 6. The highest BCUT2D eigenvalue weighted by Crippen LogP contribution is 2.33. The van der Waals surface area contributed by atoms with Crippen molar-refractivity contribution in [3.63, 3.8) is 0 Å². The molecule has 4 heterocycles. The predicted molar refractivity (Wildman–Crippen MR) is 134 cm³/mol. The van der Waals surface area contributed by atoms with Gasteiger partial charge in [-0.3, -0.25) is 0 Å². The molecule has 0 spiro atoms. The second-order valence-electron chi connectivity index (χ2n) is 9.49. The lowest BCUT2D eigenvalue weighted by molar-refractivity contribution is 0.311. The summed E-state index contributed by atoms with van der Waals surface area (Å²) in [5.74, 6) is 1.62. The lowest BCUT2D eigenvalue weighted by atomic mass is 10.1. The topological polar surface area (TPSA) is 75.2 Å². The van der Waals surface area contributed by atoms with Crippen LogP contribution < -0.4 is 10.2 Å². The Morgan fingerprint density at radius 2 is 1.76 bits per heavy atom. The average Bonchev–Trinajstić information content (AvgIpc) is 3.65. The fraction of sp³-hybridized carbons (Fsp3) is 0.423. The van der Waals surface area contributed by atoms with E-state index in [9.17, 15) is 0 Å². The Hall–Kier alpha value is -3.39. The molecule has 1 aromatic carbocycles. The first-order valence-corrected chi connectivity index (χ1v) is 12.3. The molecule has 0 amide bonds. The minimum atomic E-state index is 0.489. The molecule has 0 unspecified atom stereocenters. The Morgan fingerprint density at radius 3 is 2.50 bits per heavy atom. The van der Waals surface area contributed by atoms with Crippen LogP contribution in [0, 0.1) is 0 Å². The summed E-state index contributed by atoms with van der Waals surface area (Å²) in [5.41, 5.74) is 5.24. The number of imidazole rings is 1. The van der Waals surface area contributed by atoms with Crippen LogP contribution in [-0.4, -0.2) is 57.6 Å². The van der Waals surface area contributed by atoms with Gasteiger partial charge in [-0.1, -0.05) is 37.1 Å². The van der Waals surface area contributed by atoms with E-state index in [2.05, 4.69) is 51.0 Å². The van der Waals surface area contributed by atoms with Crippen molar-refractivity contribution in [1.82, 2.24) is 24.4 Å². The van der Waals surface area contributed by atoms with E-state index in [1.54, 1.807) is 12.5 Å². The highest BCUT2D eigenvalue weighted by atomic mass is 16.3. The molecule has 1 aliphatic carbocycles. The summed E-state index contributed by atoms with van der Waals surface area (Å²) in [4.78, 5) is 19.4. The van der Waals surface area contributed by atoms with Crippen molar-refractivity contribution < 1.29 is 4.42 Å². The van der Waals surface area contributed by atoms with Crippen LogP contribution in [0.3, 0.4) is 0 Å². The van der Waals surface area contributed by atoms with Gasteiger partial charge in [0, 0.05) is 44.3 Å². The molecule has 3 aromatic heterocycles. The summed E-state index contributed by atoms with van der Waals surface area (Å²) in [6.07, 6.45) is 10.4. The molecule has 34 heavy (non-hydrogen) atoms. The third kappa shape index (κ3) is 4.14. The summed E-state index contributed by atoms with van der Waals surface area (Å²) in [6, 6.07) is 11.0. The SMILES string of the molecule is CN1CCN(c2nc(NCc3ccc(-c4ccoc4)cc3)c3ncn(C4CCCC4)c3n2)CC1. The largest absolute Gasteiger partial charge is 0.472 e. The molecule has 0 atom stereocenters. The minimum Gasteiger partial charge on any atom is -0.472 e. The van der Waals surface area contributed by atoms with Gasteiger partial charge in [-0.15, -0.1) is 0 Å². The van der Waals surface area contributed by atoms with E-state index < -0.39 is 0 Å². The molecule has 1 N–H and O–H groups in total. The van der Waals surface area contributed by atoms with Gasteiger partial charge < -0.3 is 24.1 Å². The summed E-state index contributed by atoms with van der Waals surface area (Å²) in [6.45, 7) is 4.60. The Kier molecular flexibility index (Phi) is 5.66. The molecule has 0 radical (unpaired) electrons. The lowest BCUT2D eigenvalue weighted by Crippen LogP contribution is -2.45. The van der Waals surface area contributed by atoms with Crippen LogP contribution in [0.25, 0.3) is 22.3 Å². The molecule has 1 aliphatic heterocycles. The van der Waals surface area contributed by atoms with E-state index in [4.69, 9.17) is 19.4 Å². The highest BCUT2D eigenvalue weighted by molar-refractivity contribution is 5.84.